The minimum atomic E-state index is 0.914. The number of hydrogen-bond donors (Lipinski definition) is 1. The van der Waals surface area contributed by atoms with Gasteiger partial charge in [-0.05, 0) is 31.2 Å². The maximum atomic E-state index is 3.21. The molecule has 0 aliphatic carbocycles. The van der Waals surface area contributed by atoms with E-state index in [-0.39, 0.29) is 0 Å². The van der Waals surface area contributed by atoms with Crippen molar-refractivity contribution in [3.8, 4) is 0 Å². The third-order valence-electron chi connectivity index (χ3n) is 1.84. The molecular weight excluding hydrogens is 146 g/mol. The molecular formula is C11H15N. The van der Waals surface area contributed by atoms with Gasteiger partial charge in [-0.2, -0.15) is 0 Å². The molecule has 0 aliphatic heterocycles. The molecule has 0 unspecified atom stereocenters. The Morgan fingerprint density at radius 2 is 2.08 bits per heavy atom. The van der Waals surface area contributed by atoms with Gasteiger partial charge in [-0.15, -0.1) is 0 Å². The molecule has 0 amide bonds. The zero-order valence-electron chi connectivity index (χ0n) is 7.67. The Morgan fingerprint density at radius 1 is 1.33 bits per heavy atom. The average molecular weight is 161 g/mol. The maximum absolute atomic E-state index is 3.21. The van der Waals surface area contributed by atoms with Crippen LogP contribution in [-0.4, -0.2) is 0 Å². The van der Waals surface area contributed by atoms with E-state index in [1.165, 1.54) is 11.1 Å². The first-order chi connectivity index (χ1) is 5.84. The third kappa shape index (κ3) is 2.42. The van der Waals surface area contributed by atoms with E-state index >= 15 is 0 Å². The highest BCUT2D eigenvalue weighted by Crippen LogP contribution is 2.05. The van der Waals surface area contributed by atoms with Crippen LogP contribution < -0.4 is 5.32 Å². The molecule has 0 atom stereocenters. The Hall–Kier alpha value is -1.24. The third-order valence-corrected chi connectivity index (χ3v) is 1.84. The second kappa shape index (κ2) is 4.60. The highest BCUT2D eigenvalue weighted by Gasteiger charge is 1.92. The highest BCUT2D eigenvalue weighted by atomic mass is 14.8. The molecule has 1 rings (SSSR count). The van der Waals surface area contributed by atoms with Gasteiger partial charge < -0.3 is 5.32 Å². The number of benzene rings is 1. The fraction of sp³-hybridized carbons (Fsp3) is 0.273. The van der Waals surface area contributed by atoms with Gasteiger partial charge in [0.25, 0.3) is 0 Å². The molecule has 0 aromatic heterocycles. The summed E-state index contributed by atoms with van der Waals surface area (Å²) in [6, 6.07) is 8.41. The van der Waals surface area contributed by atoms with Crippen LogP contribution >= 0.6 is 0 Å². The molecule has 1 heteroatoms. The summed E-state index contributed by atoms with van der Waals surface area (Å²) < 4.78 is 0. The van der Waals surface area contributed by atoms with Crippen LogP contribution in [0.1, 0.15) is 18.1 Å². The second-order valence-electron chi connectivity index (χ2n) is 2.81. The molecule has 1 aromatic carbocycles. The minimum Gasteiger partial charge on any atom is -0.387 e. The van der Waals surface area contributed by atoms with Crippen molar-refractivity contribution in [2.24, 2.45) is 0 Å². The number of rotatable bonds is 3. The molecule has 1 nitrogen and oxygen atoms in total. The van der Waals surface area contributed by atoms with Crippen molar-refractivity contribution in [2.75, 3.05) is 0 Å². The first-order valence-corrected chi connectivity index (χ1v) is 4.23. The summed E-state index contributed by atoms with van der Waals surface area (Å²) in [6.07, 6.45) is 3.96. The van der Waals surface area contributed by atoms with E-state index in [0.717, 1.165) is 6.54 Å². The smallest absolute Gasteiger partial charge is 0.0397 e. The Labute approximate surface area is 74.1 Å². The van der Waals surface area contributed by atoms with Gasteiger partial charge in [0.05, 0.1) is 0 Å². The average Bonchev–Trinajstić information content (AvgIpc) is 2.09. The van der Waals surface area contributed by atoms with Gasteiger partial charge >= 0.3 is 0 Å². The highest BCUT2D eigenvalue weighted by molar-refractivity contribution is 5.25. The molecule has 1 aromatic rings. The van der Waals surface area contributed by atoms with Crippen molar-refractivity contribution >= 4 is 0 Å². The van der Waals surface area contributed by atoms with Crippen molar-refractivity contribution in [1.29, 1.82) is 0 Å². The van der Waals surface area contributed by atoms with Crippen molar-refractivity contribution in [3.63, 3.8) is 0 Å². The predicted octanol–water partition coefficient (Wildman–Crippen LogP) is 2.62. The van der Waals surface area contributed by atoms with Gasteiger partial charge in [-0.3, -0.25) is 0 Å². The molecule has 0 radical (unpaired) electrons. The van der Waals surface area contributed by atoms with Crippen molar-refractivity contribution in [3.05, 3.63) is 47.7 Å². The van der Waals surface area contributed by atoms with E-state index in [4.69, 9.17) is 0 Å². The summed E-state index contributed by atoms with van der Waals surface area (Å²) in [6.45, 7) is 5.05. The quantitative estimate of drug-likeness (QED) is 0.718. The first-order valence-electron chi connectivity index (χ1n) is 4.23. The zero-order chi connectivity index (χ0) is 8.81. The predicted molar refractivity (Wildman–Crippen MR) is 52.8 cm³/mol. The fourth-order valence-corrected chi connectivity index (χ4v) is 1.10. The molecule has 12 heavy (non-hydrogen) atoms. The van der Waals surface area contributed by atoms with Crippen molar-refractivity contribution < 1.29 is 0 Å². The SMILES string of the molecule is CC=CNCc1ccccc1C. The van der Waals surface area contributed by atoms with Crippen molar-refractivity contribution in [2.45, 2.75) is 20.4 Å². The standard InChI is InChI=1S/C11H15N/c1-3-8-12-9-11-7-5-4-6-10(11)2/h3-8,12H,9H2,1-2H3. The molecule has 0 aliphatic rings. The molecule has 0 spiro atoms. The van der Waals surface area contributed by atoms with Crippen molar-refractivity contribution in [1.82, 2.24) is 5.32 Å². The first kappa shape index (κ1) is 8.85. The molecule has 0 bridgehead atoms. The molecule has 0 saturated carbocycles. The van der Waals surface area contributed by atoms with Gasteiger partial charge in [0, 0.05) is 6.54 Å². The van der Waals surface area contributed by atoms with Crippen LogP contribution in [0.2, 0.25) is 0 Å². The summed E-state index contributed by atoms with van der Waals surface area (Å²) in [5.74, 6) is 0. The summed E-state index contributed by atoms with van der Waals surface area (Å²) >= 11 is 0. The van der Waals surface area contributed by atoms with Gasteiger partial charge in [-0.1, -0.05) is 30.3 Å². The van der Waals surface area contributed by atoms with Gasteiger partial charge in [0.15, 0.2) is 0 Å². The minimum absolute atomic E-state index is 0.914. The van der Waals surface area contributed by atoms with E-state index in [2.05, 4.69) is 36.5 Å². The topological polar surface area (TPSA) is 12.0 Å². The summed E-state index contributed by atoms with van der Waals surface area (Å²) in [4.78, 5) is 0. The maximum Gasteiger partial charge on any atom is 0.0397 e. The van der Waals surface area contributed by atoms with E-state index in [9.17, 15) is 0 Å². The van der Waals surface area contributed by atoms with Crippen LogP contribution in [0.25, 0.3) is 0 Å². The molecule has 64 valence electrons. The Morgan fingerprint density at radius 3 is 2.75 bits per heavy atom. The molecule has 1 N–H and O–H groups in total. The molecule has 0 heterocycles. The van der Waals surface area contributed by atoms with E-state index in [0.29, 0.717) is 0 Å². The molecule has 0 saturated heterocycles. The van der Waals surface area contributed by atoms with Crippen LogP contribution in [0, 0.1) is 6.92 Å². The Kier molecular flexibility index (Phi) is 3.39. The van der Waals surface area contributed by atoms with Crippen LogP contribution in [-0.2, 0) is 6.54 Å². The van der Waals surface area contributed by atoms with Gasteiger partial charge in [-0.25, -0.2) is 0 Å². The van der Waals surface area contributed by atoms with Crippen LogP contribution in [0.5, 0.6) is 0 Å². The van der Waals surface area contributed by atoms with Crippen LogP contribution in [0.15, 0.2) is 36.5 Å². The summed E-state index contributed by atoms with van der Waals surface area (Å²) in [5.41, 5.74) is 2.70. The lowest BCUT2D eigenvalue weighted by Gasteiger charge is -2.04. The van der Waals surface area contributed by atoms with Gasteiger partial charge in [0.1, 0.15) is 0 Å². The summed E-state index contributed by atoms with van der Waals surface area (Å²) in [5, 5.41) is 3.21. The van der Waals surface area contributed by atoms with Crippen LogP contribution in [0.3, 0.4) is 0 Å². The second-order valence-corrected chi connectivity index (χ2v) is 2.81. The van der Waals surface area contributed by atoms with E-state index in [1.807, 2.05) is 19.2 Å². The lowest BCUT2D eigenvalue weighted by Crippen LogP contribution is -2.05. The largest absolute Gasteiger partial charge is 0.387 e. The number of aryl methyl sites for hydroxylation is 1. The summed E-state index contributed by atoms with van der Waals surface area (Å²) in [7, 11) is 0. The van der Waals surface area contributed by atoms with E-state index < -0.39 is 0 Å². The lowest BCUT2D eigenvalue weighted by atomic mass is 10.1. The Balaban J connectivity index is 2.57. The van der Waals surface area contributed by atoms with Gasteiger partial charge in [0.2, 0.25) is 0 Å². The number of allylic oxidation sites excluding steroid dienone is 1. The normalized spacial score (nSPS) is 10.5. The Bertz CT molecular complexity index is 263. The van der Waals surface area contributed by atoms with E-state index in [1.54, 1.807) is 0 Å². The van der Waals surface area contributed by atoms with Crippen LogP contribution in [0.4, 0.5) is 0 Å². The monoisotopic (exact) mass is 161 g/mol. The molecule has 0 fully saturated rings. The lowest BCUT2D eigenvalue weighted by molar-refractivity contribution is 0.861. The fourth-order valence-electron chi connectivity index (χ4n) is 1.10. The zero-order valence-corrected chi connectivity index (χ0v) is 7.67. The number of nitrogens with one attached hydrogen (secondary N) is 1. The number of hydrogen-bond acceptors (Lipinski definition) is 1.